The Balaban J connectivity index is 4.75. The smallest absolute Gasteiger partial charge is 0.309 e. The summed E-state index contributed by atoms with van der Waals surface area (Å²) in [7, 11) is -3.88. The lowest BCUT2D eigenvalue weighted by atomic mass is 10.2. The van der Waals surface area contributed by atoms with Gasteiger partial charge in [-0.15, -0.1) is 0 Å². The normalized spacial score (nSPS) is 13.1. The maximum atomic E-state index is 11.0. The second-order valence-corrected chi connectivity index (χ2v) is 5.65. The Morgan fingerprint density at radius 2 is 1.27 bits per heavy atom. The molecule has 0 aliphatic rings. The summed E-state index contributed by atoms with van der Waals surface area (Å²) in [6, 6.07) is 0. The standard InChI is InChI=1S/C10H23NO3S/c1-4-7-11(8-5-2,9-6-3)10-15(12,13)14/h4-10H2,1-3H3/p+1. The first-order valence-corrected chi connectivity index (χ1v) is 7.30. The Morgan fingerprint density at radius 3 is 1.47 bits per heavy atom. The average Bonchev–Trinajstić information content (AvgIpc) is 2.01. The number of quaternary nitrogens is 1. The molecule has 0 saturated heterocycles. The summed E-state index contributed by atoms with van der Waals surface area (Å²) in [5, 5.41) is 0. The number of hydrogen-bond acceptors (Lipinski definition) is 2. The SMILES string of the molecule is CCC[N+](CCC)(CCC)CS(=O)(=O)O. The van der Waals surface area contributed by atoms with E-state index in [1.807, 2.05) is 20.8 Å². The molecule has 0 aromatic rings. The van der Waals surface area contributed by atoms with Gasteiger partial charge in [0.05, 0.1) is 19.6 Å². The molecule has 0 aromatic carbocycles. The van der Waals surface area contributed by atoms with Gasteiger partial charge in [0.25, 0.3) is 0 Å². The Hall–Kier alpha value is -0.130. The van der Waals surface area contributed by atoms with Crippen molar-refractivity contribution in [1.82, 2.24) is 0 Å². The van der Waals surface area contributed by atoms with Crippen molar-refractivity contribution >= 4 is 10.1 Å². The van der Waals surface area contributed by atoms with Crippen LogP contribution in [0, 0.1) is 0 Å². The highest BCUT2D eigenvalue weighted by atomic mass is 32.2. The van der Waals surface area contributed by atoms with Crippen LogP contribution in [0.25, 0.3) is 0 Å². The predicted molar refractivity (Wildman–Crippen MR) is 62.2 cm³/mol. The van der Waals surface area contributed by atoms with Crippen LogP contribution in [0.2, 0.25) is 0 Å². The zero-order chi connectivity index (χ0) is 11.9. The molecule has 92 valence electrons. The predicted octanol–water partition coefficient (Wildman–Crippen LogP) is 1.88. The van der Waals surface area contributed by atoms with Crippen LogP contribution < -0.4 is 0 Å². The molecule has 0 amide bonds. The molecule has 0 radical (unpaired) electrons. The van der Waals surface area contributed by atoms with Crippen molar-refractivity contribution in [3.8, 4) is 0 Å². The van der Waals surface area contributed by atoms with Crippen molar-refractivity contribution in [3.63, 3.8) is 0 Å². The lowest BCUT2D eigenvalue weighted by molar-refractivity contribution is -0.917. The molecule has 5 heteroatoms. The van der Waals surface area contributed by atoms with E-state index in [1.165, 1.54) is 0 Å². The summed E-state index contributed by atoms with van der Waals surface area (Å²) in [6.45, 7) is 8.59. The third-order valence-electron chi connectivity index (χ3n) is 2.53. The van der Waals surface area contributed by atoms with Gasteiger partial charge >= 0.3 is 10.1 Å². The van der Waals surface area contributed by atoms with E-state index in [2.05, 4.69) is 0 Å². The third-order valence-corrected chi connectivity index (χ3v) is 3.40. The van der Waals surface area contributed by atoms with E-state index in [-0.39, 0.29) is 5.88 Å². The molecule has 15 heavy (non-hydrogen) atoms. The van der Waals surface area contributed by atoms with E-state index in [0.717, 1.165) is 38.9 Å². The van der Waals surface area contributed by atoms with Crippen LogP contribution in [-0.4, -0.2) is 43.0 Å². The van der Waals surface area contributed by atoms with E-state index in [1.54, 1.807) is 0 Å². The van der Waals surface area contributed by atoms with E-state index in [9.17, 15) is 8.42 Å². The van der Waals surface area contributed by atoms with Gasteiger partial charge < -0.3 is 4.48 Å². The fourth-order valence-corrected chi connectivity index (χ4v) is 3.38. The highest BCUT2D eigenvalue weighted by molar-refractivity contribution is 7.85. The summed E-state index contributed by atoms with van der Waals surface area (Å²) in [5.74, 6) is -0.136. The van der Waals surface area contributed by atoms with Crippen molar-refractivity contribution in [1.29, 1.82) is 0 Å². The molecule has 0 aliphatic heterocycles. The molecular formula is C10H24NO3S+. The number of rotatable bonds is 8. The highest BCUT2D eigenvalue weighted by Crippen LogP contribution is 2.13. The van der Waals surface area contributed by atoms with Crippen LogP contribution in [0.15, 0.2) is 0 Å². The molecule has 0 spiro atoms. The van der Waals surface area contributed by atoms with Gasteiger partial charge in [-0.05, 0) is 19.3 Å². The van der Waals surface area contributed by atoms with Gasteiger partial charge in [-0.3, -0.25) is 4.55 Å². The largest absolute Gasteiger partial charge is 0.316 e. The van der Waals surface area contributed by atoms with Gasteiger partial charge in [-0.2, -0.15) is 8.42 Å². The van der Waals surface area contributed by atoms with Crippen LogP contribution in [0.4, 0.5) is 0 Å². The van der Waals surface area contributed by atoms with E-state index >= 15 is 0 Å². The maximum Gasteiger partial charge on any atom is 0.316 e. The lowest BCUT2D eigenvalue weighted by Crippen LogP contribution is -2.52. The maximum absolute atomic E-state index is 11.0. The summed E-state index contributed by atoms with van der Waals surface area (Å²) < 4.78 is 31.5. The van der Waals surface area contributed by atoms with Crippen molar-refractivity contribution in [2.24, 2.45) is 0 Å². The zero-order valence-corrected chi connectivity index (χ0v) is 10.9. The van der Waals surface area contributed by atoms with Crippen molar-refractivity contribution in [2.45, 2.75) is 40.0 Å². The molecule has 0 heterocycles. The highest BCUT2D eigenvalue weighted by Gasteiger charge is 2.30. The molecule has 0 unspecified atom stereocenters. The number of nitrogens with zero attached hydrogens (tertiary/aromatic N) is 1. The molecule has 0 fully saturated rings. The summed E-state index contributed by atoms with van der Waals surface area (Å²) in [4.78, 5) is 0. The van der Waals surface area contributed by atoms with E-state index < -0.39 is 10.1 Å². The van der Waals surface area contributed by atoms with Gasteiger partial charge in [0, 0.05) is 0 Å². The molecule has 0 atom stereocenters. The van der Waals surface area contributed by atoms with E-state index in [0.29, 0.717) is 4.48 Å². The van der Waals surface area contributed by atoms with Crippen LogP contribution in [-0.2, 0) is 10.1 Å². The van der Waals surface area contributed by atoms with Crippen LogP contribution >= 0.6 is 0 Å². The van der Waals surface area contributed by atoms with Crippen molar-refractivity contribution < 1.29 is 17.5 Å². The monoisotopic (exact) mass is 238 g/mol. The molecular weight excluding hydrogens is 214 g/mol. The first-order chi connectivity index (χ1) is 6.89. The molecule has 0 aliphatic carbocycles. The molecule has 0 aromatic heterocycles. The topological polar surface area (TPSA) is 54.4 Å². The Labute approximate surface area is 93.6 Å². The molecule has 0 rings (SSSR count). The van der Waals surface area contributed by atoms with Crippen LogP contribution in [0.3, 0.4) is 0 Å². The zero-order valence-electron chi connectivity index (χ0n) is 10.1. The molecule has 1 N–H and O–H groups in total. The Morgan fingerprint density at radius 1 is 0.933 bits per heavy atom. The lowest BCUT2D eigenvalue weighted by Gasteiger charge is -2.37. The van der Waals surface area contributed by atoms with Gasteiger partial charge in [-0.25, -0.2) is 0 Å². The Bertz CT molecular complexity index is 245. The average molecular weight is 238 g/mol. The quantitative estimate of drug-likeness (QED) is 0.519. The van der Waals surface area contributed by atoms with Gasteiger partial charge in [0.15, 0.2) is 0 Å². The van der Waals surface area contributed by atoms with Crippen molar-refractivity contribution in [2.75, 3.05) is 25.5 Å². The fourth-order valence-electron chi connectivity index (χ4n) is 2.30. The van der Waals surface area contributed by atoms with Gasteiger partial charge in [-0.1, -0.05) is 20.8 Å². The minimum Gasteiger partial charge on any atom is -0.309 e. The second kappa shape index (κ2) is 6.45. The fraction of sp³-hybridized carbons (Fsp3) is 1.00. The minimum absolute atomic E-state index is 0.136. The van der Waals surface area contributed by atoms with Crippen molar-refractivity contribution in [3.05, 3.63) is 0 Å². The molecule has 0 bridgehead atoms. The van der Waals surface area contributed by atoms with E-state index in [4.69, 9.17) is 4.55 Å². The van der Waals surface area contributed by atoms with Crippen LogP contribution in [0.5, 0.6) is 0 Å². The third kappa shape index (κ3) is 6.12. The summed E-state index contributed by atoms with van der Waals surface area (Å²) in [5.41, 5.74) is 0. The first kappa shape index (κ1) is 14.9. The number of hydrogen-bond donors (Lipinski definition) is 1. The minimum atomic E-state index is -3.88. The van der Waals surface area contributed by atoms with Gasteiger partial charge in [0.2, 0.25) is 5.88 Å². The second-order valence-electron chi connectivity index (χ2n) is 4.22. The van der Waals surface area contributed by atoms with Gasteiger partial charge in [0.1, 0.15) is 0 Å². The molecule has 0 saturated carbocycles. The summed E-state index contributed by atoms with van der Waals surface area (Å²) >= 11 is 0. The Kier molecular flexibility index (Phi) is 6.40. The first-order valence-electron chi connectivity index (χ1n) is 5.69. The summed E-state index contributed by atoms with van der Waals surface area (Å²) in [6.07, 6.45) is 2.82. The van der Waals surface area contributed by atoms with Crippen LogP contribution in [0.1, 0.15) is 40.0 Å². The molecule has 4 nitrogen and oxygen atoms in total.